The number of benzene rings is 2. The molecule has 0 spiro atoms. The fourth-order valence-electron chi connectivity index (χ4n) is 3.29. The van der Waals surface area contributed by atoms with Gasteiger partial charge in [0.1, 0.15) is 5.56 Å². The minimum Gasteiger partial charge on any atom is -0.346 e. The Morgan fingerprint density at radius 2 is 1.74 bits per heavy atom. The van der Waals surface area contributed by atoms with E-state index in [0.717, 1.165) is 37.0 Å². The van der Waals surface area contributed by atoms with E-state index in [1.165, 1.54) is 24.4 Å². The monoisotopic (exact) mass is 428 g/mol. The number of unbranched alkanes of at least 4 members (excludes halogenated alkanes) is 2. The highest BCUT2D eigenvalue weighted by atomic mass is 19.4. The smallest absolute Gasteiger partial charge is 0.346 e. The van der Waals surface area contributed by atoms with Crippen LogP contribution in [-0.2, 0) is 12.7 Å². The number of anilines is 1. The van der Waals surface area contributed by atoms with Crippen molar-refractivity contribution in [2.45, 2.75) is 38.9 Å². The van der Waals surface area contributed by atoms with Gasteiger partial charge in [0.25, 0.3) is 5.91 Å². The number of aryl methyl sites for hydroxylation is 1. The van der Waals surface area contributed by atoms with Crippen LogP contribution in [0.5, 0.6) is 0 Å². The largest absolute Gasteiger partial charge is 0.416 e. The first-order valence-electron chi connectivity index (χ1n) is 10.1. The number of aromatic nitrogens is 1. The number of hydrogen-bond acceptors (Lipinski definition) is 2. The molecule has 0 radical (unpaired) electrons. The third-order valence-corrected chi connectivity index (χ3v) is 4.89. The van der Waals surface area contributed by atoms with Crippen LogP contribution in [0.15, 0.2) is 71.7 Å². The third kappa shape index (κ3) is 5.63. The Kier molecular flexibility index (Phi) is 6.95. The molecule has 1 aromatic heterocycles. The van der Waals surface area contributed by atoms with Gasteiger partial charge in [0.2, 0.25) is 0 Å². The summed E-state index contributed by atoms with van der Waals surface area (Å²) in [6.45, 7) is 2.69. The molecule has 2 aromatic carbocycles. The van der Waals surface area contributed by atoms with E-state index in [1.54, 1.807) is 0 Å². The normalized spacial score (nSPS) is 11.4. The molecule has 0 aliphatic rings. The van der Waals surface area contributed by atoms with Gasteiger partial charge in [-0.15, -0.1) is 0 Å². The zero-order valence-corrected chi connectivity index (χ0v) is 17.1. The standard InChI is InChI=1S/C24H23F3N2O2/c1-2-3-7-13-29-16-20(22(30)15-21(29)17-9-5-4-6-10-17)23(31)28-19-12-8-11-18(14-19)24(25,26)27/h4-6,8-12,14-16H,2-3,7,13H2,1H3,(H,28,31). The molecule has 3 rings (SSSR count). The first-order chi connectivity index (χ1) is 14.8. The average Bonchev–Trinajstić information content (AvgIpc) is 2.75. The van der Waals surface area contributed by atoms with Crippen molar-refractivity contribution in [3.8, 4) is 11.3 Å². The van der Waals surface area contributed by atoms with Crippen molar-refractivity contribution in [1.82, 2.24) is 4.57 Å². The van der Waals surface area contributed by atoms with Crippen LogP contribution in [0.3, 0.4) is 0 Å². The van der Waals surface area contributed by atoms with Gasteiger partial charge in [-0.2, -0.15) is 13.2 Å². The molecule has 1 amide bonds. The topological polar surface area (TPSA) is 51.1 Å². The molecule has 1 N–H and O–H groups in total. The lowest BCUT2D eigenvalue weighted by atomic mass is 10.1. The summed E-state index contributed by atoms with van der Waals surface area (Å²) in [7, 11) is 0. The molecule has 4 nitrogen and oxygen atoms in total. The second-order valence-electron chi connectivity index (χ2n) is 7.24. The number of nitrogens with zero attached hydrogens (tertiary/aromatic N) is 1. The summed E-state index contributed by atoms with van der Waals surface area (Å²) < 4.78 is 40.7. The van der Waals surface area contributed by atoms with Crippen molar-refractivity contribution in [3.05, 3.63) is 88.2 Å². The van der Waals surface area contributed by atoms with Gasteiger partial charge in [-0.1, -0.05) is 56.2 Å². The number of pyridine rings is 1. The molecule has 0 bridgehead atoms. The molecule has 0 aliphatic carbocycles. The lowest BCUT2D eigenvalue weighted by Gasteiger charge is -2.16. The fraction of sp³-hybridized carbons (Fsp3) is 0.250. The summed E-state index contributed by atoms with van der Waals surface area (Å²) in [4.78, 5) is 25.4. The Morgan fingerprint density at radius 1 is 1.00 bits per heavy atom. The fourth-order valence-corrected chi connectivity index (χ4v) is 3.29. The van der Waals surface area contributed by atoms with Gasteiger partial charge in [0.15, 0.2) is 5.43 Å². The highest BCUT2D eigenvalue weighted by Crippen LogP contribution is 2.30. The van der Waals surface area contributed by atoms with E-state index in [4.69, 9.17) is 0 Å². The molecular weight excluding hydrogens is 405 g/mol. The van der Waals surface area contributed by atoms with Gasteiger partial charge in [0, 0.05) is 24.5 Å². The van der Waals surface area contributed by atoms with Crippen LogP contribution in [0.4, 0.5) is 18.9 Å². The Labute approximate surface area is 178 Å². The summed E-state index contributed by atoms with van der Waals surface area (Å²) in [5.74, 6) is -0.742. The van der Waals surface area contributed by atoms with Gasteiger partial charge >= 0.3 is 6.18 Å². The van der Waals surface area contributed by atoms with E-state index in [9.17, 15) is 22.8 Å². The van der Waals surface area contributed by atoms with Gasteiger partial charge in [0.05, 0.1) is 11.3 Å². The van der Waals surface area contributed by atoms with Crippen LogP contribution in [0.25, 0.3) is 11.3 Å². The first-order valence-corrected chi connectivity index (χ1v) is 10.1. The first kappa shape index (κ1) is 22.3. The van der Waals surface area contributed by atoms with Crippen LogP contribution in [-0.4, -0.2) is 10.5 Å². The Balaban J connectivity index is 1.94. The van der Waals surface area contributed by atoms with Crippen molar-refractivity contribution in [2.75, 3.05) is 5.32 Å². The molecule has 0 atom stereocenters. The Bertz CT molecular complexity index is 1110. The molecule has 0 unspecified atom stereocenters. The second kappa shape index (κ2) is 9.64. The van der Waals surface area contributed by atoms with E-state index in [-0.39, 0.29) is 11.3 Å². The van der Waals surface area contributed by atoms with Crippen molar-refractivity contribution in [2.24, 2.45) is 0 Å². The second-order valence-corrected chi connectivity index (χ2v) is 7.24. The number of carbonyl (C=O) groups is 1. The number of halogens is 3. The van der Waals surface area contributed by atoms with E-state index >= 15 is 0 Å². The van der Waals surface area contributed by atoms with Crippen LogP contribution < -0.4 is 10.7 Å². The Hall–Kier alpha value is -3.35. The van der Waals surface area contributed by atoms with Crippen molar-refractivity contribution >= 4 is 11.6 Å². The molecule has 0 fully saturated rings. The molecule has 7 heteroatoms. The van der Waals surface area contributed by atoms with Crippen molar-refractivity contribution in [1.29, 1.82) is 0 Å². The quantitative estimate of drug-likeness (QED) is 0.471. The zero-order valence-electron chi connectivity index (χ0n) is 17.1. The van der Waals surface area contributed by atoms with Crippen LogP contribution >= 0.6 is 0 Å². The molecule has 3 aromatic rings. The predicted molar refractivity (Wildman–Crippen MR) is 115 cm³/mol. The van der Waals surface area contributed by atoms with Crippen molar-refractivity contribution < 1.29 is 18.0 Å². The SMILES string of the molecule is CCCCCn1cc(C(=O)Nc2cccc(C(F)(F)F)c2)c(=O)cc1-c1ccccc1. The summed E-state index contributed by atoms with van der Waals surface area (Å²) in [6.07, 6.45) is -0.156. The van der Waals surface area contributed by atoms with Gasteiger partial charge in [-0.25, -0.2) is 0 Å². The molecule has 162 valence electrons. The van der Waals surface area contributed by atoms with Crippen molar-refractivity contribution in [3.63, 3.8) is 0 Å². The molecule has 1 heterocycles. The number of hydrogen-bond donors (Lipinski definition) is 1. The summed E-state index contributed by atoms with van der Waals surface area (Å²) in [6, 6.07) is 15.1. The molecular formula is C24H23F3N2O2. The number of nitrogens with one attached hydrogen (secondary N) is 1. The number of rotatable bonds is 7. The minimum atomic E-state index is -4.52. The maximum atomic E-state index is 12.9. The van der Waals surface area contributed by atoms with Crippen LogP contribution in [0, 0.1) is 0 Å². The summed E-state index contributed by atoms with van der Waals surface area (Å²) in [5.41, 5.74) is 0.0347. The maximum absolute atomic E-state index is 12.9. The lowest BCUT2D eigenvalue weighted by Crippen LogP contribution is -2.24. The highest BCUT2D eigenvalue weighted by Gasteiger charge is 2.30. The number of alkyl halides is 3. The number of carbonyl (C=O) groups excluding carboxylic acids is 1. The number of amides is 1. The summed E-state index contributed by atoms with van der Waals surface area (Å²) >= 11 is 0. The maximum Gasteiger partial charge on any atom is 0.416 e. The highest BCUT2D eigenvalue weighted by molar-refractivity contribution is 6.04. The van der Waals surface area contributed by atoms with E-state index in [1.807, 2.05) is 34.9 Å². The lowest BCUT2D eigenvalue weighted by molar-refractivity contribution is -0.137. The molecule has 31 heavy (non-hydrogen) atoms. The van der Waals surface area contributed by atoms with Crippen LogP contribution in [0.2, 0.25) is 0 Å². The average molecular weight is 428 g/mol. The molecule has 0 saturated carbocycles. The zero-order chi connectivity index (χ0) is 22.4. The third-order valence-electron chi connectivity index (χ3n) is 4.89. The Morgan fingerprint density at radius 3 is 2.42 bits per heavy atom. The van der Waals surface area contributed by atoms with Gasteiger partial charge < -0.3 is 9.88 Å². The van der Waals surface area contributed by atoms with Gasteiger partial charge in [-0.3, -0.25) is 9.59 Å². The molecule has 0 aliphatic heterocycles. The van der Waals surface area contributed by atoms with Gasteiger partial charge in [-0.05, 0) is 30.2 Å². The van der Waals surface area contributed by atoms with E-state index in [0.29, 0.717) is 12.2 Å². The van der Waals surface area contributed by atoms with E-state index < -0.39 is 23.1 Å². The van der Waals surface area contributed by atoms with Crippen LogP contribution in [0.1, 0.15) is 42.1 Å². The predicted octanol–water partition coefficient (Wildman–Crippen LogP) is 5.98. The minimum absolute atomic E-state index is 0.0242. The van der Waals surface area contributed by atoms with E-state index in [2.05, 4.69) is 12.2 Å². The molecule has 0 saturated heterocycles. The summed E-state index contributed by atoms with van der Waals surface area (Å²) in [5, 5.41) is 2.41.